The highest BCUT2D eigenvalue weighted by Gasteiger charge is 2.24. The molecule has 0 amide bonds. The fourth-order valence-corrected chi connectivity index (χ4v) is 2.88. The number of likely N-dealkylation sites (N-methyl/N-ethyl adjacent to an activating group) is 1. The molecule has 0 radical (unpaired) electrons. The first-order valence-corrected chi connectivity index (χ1v) is 7.88. The second-order valence-corrected chi connectivity index (χ2v) is 5.99. The SMILES string of the molecule is Cc1noc(C)c1CN1CCO[C@@H](CN(C)c2cccnn2)C1. The third kappa shape index (κ3) is 3.86. The minimum atomic E-state index is 0.149. The van der Waals surface area contributed by atoms with Gasteiger partial charge >= 0.3 is 0 Å². The third-order valence-electron chi connectivity index (χ3n) is 4.21. The molecule has 0 aliphatic carbocycles. The van der Waals surface area contributed by atoms with Crippen molar-refractivity contribution in [2.75, 3.05) is 38.2 Å². The summed E-state index contributed by atoms with van der Waals surface area (Å²) in [5.74, 6) is 1.76. The van der Waals surface area contributed by atoms with E-state index in [-0.39, 0.29) is 6.10 Å². The highest BCUT2D eigenvalue weighted by molar-refractivity contribution is 5.35. The lowest BCUT2D eigenvalue weighted by atomic mass is 10.1. The average Bonchev–Trinajstić information content (AvgIpc) is 2.88. The van der Waals surface area contributed by atoms with Crippen molar-refractivity contribution >= 4 is 5.82 Å². The van der Waals surface area contributed by atoms with Gasteiger partial charge in [-0.1, -0.05) is 5.16 Å². The molecular weight excluding hydrogens is 294 g/mol. The first kappa shape index (κ1) is 15.9. The van der Waals surface area contributed by atoms with Crippen LogP contribution < -0.4 is 4.90 Å². The summed E-state index contributed by atoms with van der Waals surface area (Å²) in [5, 5.41) is 12.1. The number of hydrogen-bond acceptors (Lipinski definition) is 7. The average molecular weight is 317 g/mol. The van der Waals surface area contributed by atoms with Gasteiger partial charge in [-0.3, -0.25) is 4.90 Å². The molecular formula is C16H23N5O2. The molecule has 23 heavy (non-hydrogen) atoms. The molecule has 0 bridgehead atoms. The van der Waals surface area contributed by atoms with Crippen LogP contribution in [-0.4, -0.2) is 59.6 Å². The van der Waals surface area contributed by atoms with Gasteiger partial charge in [0.05, 0.1) is 18.4 Å². The lowest BCUT2D eigenvalue weighted by molar-refractivity contribution is -0.0266. The van der Waals surface area contributed by atoms with Crippen molar-refractivity contribution in [3.05, 3.63) is 35.3 Å². The summed E-state index contributed by atoms with van der Waals surface area (Å²) < 4.78 is 11.2. The Hall–Kier alpha value is -1.99. The first-order chi connectivity index (χ1) is 11.1. The lowest BCUT2D eigenvalue weighted by Crippen LogP contribution is -2.46. The van der Waals surface area contributed by atoms with Gasteiger partial charge in [0.1, 0.15) is 5.76 Å². The zero-order valence-corrected chi connectivity index (χ0v) is 13.9. The number of ether oxygens (including phenoxy) is 1. The Morgan fingerprint density at radius 3 is 2.96 bits per heavy atom. The van der Waals surface area contributed by atoms with Gasteiger partial charge < -0.3 is 14.2 Å². The van der Waals surface area contributed by atoms with Crippen molar-refractivity contribution in [3.8, 4) is 0 Å². The largest absolute Gasteiger partial charge is 0.374 e. The van der Waals surface area contributed by atoms with Gasteiger partial charge in [-0.15, -0.1) is 5.10 Å². The summed E-state index contributed by atoms with van der Waals surface area (Å²) in [4.78, 5) is 4.47. The fourth-order valence-electron chi connectivity index (χ4n) is 2.88. The Bertz CT molecular complexity index is 611. The minimum Gasteiger partial charge on any atom is -0.374 e. The summed E-state index contributed by atoms with van der Waals surface area (Å²) in [6, 6.07) is 3.85. The molecule has 7 heteroatoms. The quantitative estimate of drug-likeness (QED) is 0.826. The Balaban J connectivity index is 1.58. The van der Waals surface area contributed by atoms with Gasteiger partial charge in [0.15, 0.2) is 5.82 Å². The van der Waals surface area contributed by atoms with E-state index in [0.717, 1.165) is 50.1 Å². The number of morpholine rings is 1. The van der Waals surface area contributed by atoms with Crippen LogP contribution in [0.2, 0.25) is 0 Å². The van der Waals surface area contributed by atoms with E-state index in [1.54, 1.807) is 6.20 Å². The Morgan fingerprint density at radius 1 is 1.39 bits per heavy atom. The predicted octanol–water partition coefficient (Wildman–Crippen LogP) is 1.42. The van der Waals surface area contributed by atoms with Crippen LogP contribution in [0, 0.1) is 13.8 Å². The van der Waals surface area contributed by atoms with E-state index >= 15 is 0 Å². The van der Waals surface area contributed by atoms with Crippen LogP contribution in [0.25, 0.3) is 0 Å². The maximum Gasteiger partial charge on any atom is 0.151 e. The number of anilines is 1. The van der Waals surface area contributed by atoms with Crippen molar-refractivity contribution in [2.45, 2.75) is 26.5 Å². The van der Waals surface area contributed by atoms with Crippen molar-refractivity contribution in [1.29, 1.82) is 0 Å². The van der Waals surface area contributed by atoms with Crippen LogP contribution in [0.3, 0.4) is 0 Å². The standard InChI is InChI=1S/C16H23N5O2/c1-12-15(13(2)23-19-12)11-21-7-8-22-14(10-21)9-20(3)16-5-4-6-17-18-16/h4-6,14H,7-11H2,1-3H3/t14-/m0/s1. The lowest BCUT2D eigenvalue weighted by Gasteiger charge is -2.34. The molecule has 1 aliphatic rings. The van der Waals surface area contributed by atoms with E-state index in [1.807, 2.05) is 33.0 Å². The molecule has 2 aromatic heterocycles. The molecule has 0 unspecified atom stereocenters. The van der Waals surface area contributed by atoms with E-state index in [1.165, 1.54) is 5.56 Å². The second kappa shape index (κ2) is 7.06. The summed E-state index contributed by atoms with van der Waals surface area (Å²) in [7, 11) is 2.01. The molecule has 1 saturated heterocycles. The molecule has 0 N–H and O–H groups in total. The number of rotatable bonds is 5. The van der Waals surface area contributed by atoms with Crippen molar-refractivity contribution in [1.82, 2.24) is 20.3 Å². The molecule has 0 spiro atoms. The van der Waals surface area contributed by atoms with Crippen LogP contribution in [0.1, 0.15) is 17.0 Å². The van der Waals surface area contributed by atoms with Crippen molar-refractivity contribution in [2.24, 2.45) is 0 Å². The monoisotopic (exact) mass is 317 g/mol. The second-order valence-electron chi connectivity index (χ2n) is 5.99. The molecule has 1 fully saturated rings. The maximum atomic E-state index is 5.91. The van der Waals surface area contributed by atoms with Gasteiger partial charge in [0, 0.05) is 45.0 Å². The highest BCUT2D eigenvalue weighted by Crippen LogP contribution is 2.18. The molecule has 3 rings (SSSR count). The Kier molecular flexibility index (Phi) is 4.88. The summed E-state index contributed by atoms with van der Waals surface area (Å²) in [6.07, 6.45) is 1.83. The summed E-state index contributed by atoms with van der Waals surface area (Å²) in [5.41, 5.74) is 2.16. The highest BCUT2D eigenvalue weighted by atomic mass is 16.5. The van der Waals surface area contributed by atoms with E-state index in [0.29, 0.717) is 0 Å². The Morgan fingerprint density at radius 2 is 2.26 bits per heavy atom. The predicted molar refractivity (Wildman–Crippen MR) is 86.3 cm³/mol. The minimum absolute atomic E-state index is 0.149. The van der Waals surface area contributed by atoms with E-state index < -0.39 is 0 Å². The summed E-state index contributed by atoms with van der Waals surface area (Å²) in [6.45, 7) is 8.15. The van der Waals surface area contributed by atoms with Gasteiger partial charge in [0.2, 0.25) is 0 Å². The summed E-state index contributed by atoms with van der Waals surface area (Å²) >= 11 is 0. The van der Waals surface area contributed by atoms with Crippen molar-refractivity contribution < 1.29 is 9.26 Å². The van der Waals surface area contributed by atoms with E-state index in [9.17, 15) is 0 Å². The molecule has 0 saturated carbocycles. The normalized spacial score (nSPS) is 19.0. The zero-order chi connectivity index (χ0) is 16.2. The first-order valence-electron chi connectivity index (χ1n) is 7.88. The van der Waals surface area contributed by atoms with E-state index in [2.05, 4.69) is 25.2 Å². The molecule has 1 atom stereocenters. The van der Waals surface area contributed by atoms with Gasteiger partial charge in [-0.05, 0) is 26.0 Å². The number of aromatic nitrogens is 3. The molecule has 1 aliphatic heterocycles. The van der Waals surface area contributed by atoms with Crippen LogP contribution in [0.4, 0.5) is 5.82 Å². The molecule has 7 nitrogen and oxygen atoms in total. The number of aryl methyl sites for hydroxylation is 2. The van der Waals surface area contributed by atoms with Crippen LogP contribution >= 0.6 is 0 Å². The molecule has 3 heterocycles. The van der Waals surface area contributed by atoms with Crippen LogP contribution in [0.15, 0.2) is 22.9 Å². The van der Waals surface area contributed by atoms with Crippen molar-refractivity contribution in [3.63, 3.8) is 0 Å². The molecule has 124 valence electrons. The topological polar surface area (TPSA) is 67.5 Å². The number of hydrogen-bond donors (Lipinski definition) is 0. The zero-order valence-electron chi connectivity index (χ0n) is 13.9. The van der Waals surface area contributed by atoms with Crippen LogP contribution in [0.5, 0.6) is 0 Å². The Labute approximate surface area is 136 Å². The van der Waals surface area contributed by atoms with Gasteiger partial charge in [-0.2, -0.15) is 5.10 Å². The maximum absolute atomic E-state index is 5.91. The molecule has 2 aromatic rings. The van der Waals surface area contributed by atoms with E-state index in [4.69, 9.17) is 9.26 Å². The fraction of sp³-hybridized carbons (Fsp3) is 0.562. The molecule has 0 aromatic carbocycles. The van der Waals surface area contributed by atoms with Gasteiger partial charge in [0.25, 0.3) is 0 Å². The van der Waals surface area contributed by atoms with Crippen LogP contribution in [-0.2, 0) is 11.3 Å². The smallest absolute Gasteiger partial charge is 0.151 e. The number of nitrogens with zero attached hydrogens (tertiary/aromatic N) is 5. The third-order valence-corrected chi connectivity index (χ3v) is 4.21. The van der Waals surface area contributed by atoms with Gasteiger partial charge in [-0.25, -0.2) is 0 Å².